The zero-order chi connectivity index (χ0) is 22.2. The van der Waals surface area contributed by atoms with E-state index in [1.807, 2.05) is 74.5 Å². The minimum absolute atomic E-state index is 0.343. The molecular weight excluding hydrogens is 392 g/mol. The van der Waals surface area contributed by atoms with E-state index in [2.05, 4.69) is 4.98 Å². The number of methoxy groups -OCH3 is 1. The number of benzene rings is 2. The van der Waals surface area contributed by atoms with Gasteiger partial charge in [0.25, 0.3) is 0 Å². The predicted molar refractivity (Wildman–Crippen MR) is 121 cm³/mol. The molecule has 0 radical (unpaired) electrons. The molecule has 0 atom stereocenters. The second-order valence-corrected chi connectivity index (χ2v) is 7.38. The van der Waals surface area contributed by atoms with Gasteiger partial charge in [0.05, 0.1) is 26.0 Å². The Bertz CT molecular complexity index is 1100. The largest absolute Gasteiger partial charge is 0.489 e. The fourth-order valence-corrected chi connectivity index (χ4v) is 3.18. The van der Waals surface area contributed by atoms with E-state index < -0.39 is 0 Å². The molecule has 0 spiro atoms. The topological polar surface area (TPSA) is 62.6 Å². The first kappa shape index (κ1) is 22.3. The van der Waals surface area contributed by atoms with Crippen molar-refractivity contribution < 1.29 is 14.2 Å². The van der Waals surface area contributed by atoms with Gasteiger partial charge in [-0.25, -0.2) is 4.79 Å². The lowest BCUT2D eigenvalue weighted by atomic mass is 10.1. The highest BCUT2D eigenvalue weighted by atomic mass is 16.5. The molecule has 0 aliphatic rings. The Morgan fingerprint density at radius 3 is 2.55 bits per heavy atom. The lowest BCUT2D eigenvalue weighted by Crippen LogP contribution is -2.24. The molecule has 1 heterocycles. The summed E-state index contributed by atoms with van der Waals surface area (Å²) < 4.78 is 18.5. The van der Waals surface area contributed by atoms with Gasteiger partial charge in [-0.2, -0.15) is 4.98 Å². The first-order valence-electron chi connectivity index (χ1n) is 10.1. The molecule has 2 aromatic carbocycles. The fourth-order valence-electron chi connectivity index (χ4n) is 3.18. The summed E-state index contributed by atoms with van der Waals surface area (Å²) >= 11 is 0. The van der Waals surface area contributed by atoms with E-state index in [1.54, 1.807) is 7.05 Å². The van der Waals surface area contributed by atoms with Crippen LogP contribution in [-0.4, -0.2) is 23.3 Å². The van der Waals surface area contributed by atoms with Crippen molar-refractivity contribution in [3.8, 4) is 11.6 Å². The Kier molecular flexibility index (Phi) is 7.62. The van der Waals surface area contributed by atoms with Crippen LogP contribution >= 0.6 is 0 Å². The van der Waals surface area contributed by atoms with Crippen LogP contribution in [0.4, 0.5) is 0 Å². The molecule has 0 bridgehead atoms. The van der Waals surface area contributed by atoms with Crippen LogP contribution in [0.1, 0.15) is 29.3 Å². The van der Waals surface area contributed by atoms with Gasteiger partial charge >= 0.3 is 5.69 Å². The van der Waals surface area contributed by atoms with Gasteiger partial charge in [0.15, 0.2) is 0 Å². The third-order valence-corrected chi connectivity index (χ3v) is 4.87. The smallest absolute Gasteiger partial charge is 0.351 e. The van der Waals surface area contributed by atoms with E-state index >= 15 is 0 Å². The first-order valence-corrected chi connectivity index (χ1v) is 10.1. The molecule has 0 aliphatic carbocycles. The average molecular weight is 421 g/mol. The van der Waals surface area contributed by atoms with Crippen molar-refractivity contribution in [1.29, 1.82) is 0 Å². The maximum absolute atomic E-state index is 12.0. The summed E-state index contributed by atoms with van der Waals surface area (Å²) in [5.74, 6) is 1.15. The highest BCUT2D eigenvalue weighted by Gasteiger charge is 2.10. The van der Waals surface area contributed by atoms with E-state index in [9.17, 15) is 4.79 Å². The standard InChI is InChI=1S/C25H28N2O4/c1-18(13-23-19(2)24(29-4)26-25(28)27(23)3)15-30-16-21-11-8-12-22(14-21)31-17-20-9-6-5-7-10-20/h5-14H,15-17H2,1-4H3. The summed E-state index contributed by atoms with van der Waals surface area (Å²) in [4.78, 5) is 15.9. The van der Waals surface area contributed by atoms with Crippen LogP contribution in [0.5, 0.6) is 11.6 Å². The number of aromatic nitrogens is 2. The molecule has 3 rings (SSSR count). The van der Waals surface area contributed by atoms with Crippen LogP contribution in [0.2, 0.25) is 0 Å². The summed E-state index contributed by atoms with van der Waals surface area (Å²) in [6, 6.07) is 18.0. The molecule has 3 aromatic rings. The van der Waals surface area contributed by atoms with Gasteiger partial charge in [0.2, 0.25) is 5.88 Å². The summed E-state index contributed by atoms with van der Waals surface area (Å²) in [5.41, 5.74) is 4.37. The Morgan fingerprint density at radius 2 is 1.81 bits per heavy atom. The second kappa shape index (κ2) is 10.6. The Balaban J connectivity index is 1.59. The van der Waals surface area contributed by atoms with Crippen molar-refractivity contribution in [2.75, 3.05) is 13.7 Å². The van der Waals surface area contributed by atoms with E-state index in [4.69, 9.17) is 14.2 Å². The molecule has 0 saturated heterocycles. The van der Waals surface area contributed by atoms with Crippen molar-refractivity contribution in [3.05, 3.63) is 93.0 Å². The van der Waals surface area contributed by atoms with Crippen molar-refractivity contribution in [2.45, 2.75) is 27.1 Å². The maximum Gasteiger partial charge on any atom is 0.351 e. The summed E-state index contributed by atoms with van der Waals surface area (Å²) in [6.07, 6.45) is 1.93. The van der Waals surface area contributed by atoms with Gasteiger partial charge in [-0.3, -0.25) is 4.57 Å². The van der Waals surface area contributed by atoms with E-state index in [0.29, 0.717) is 25.7 Å². The molecule has 0 fully saturated rings. The van der Waals surface area contributed by atoms with Crippen molar-refractivity contribution in [1.82, 2.24) is 9.55 Å². The summed E-state index contributed by atoms with van der Waals surface area (Å²) in [5, 5.41) is 0. The quantitative estimate of drug-likeness (QED) is 0.517. The molecule has 6 heteroatoms. The molecule has 31 heavy (non-hydrogen) atoms. The SMILES string of the molecule is COc1nc(=O)n(C)c(C=C(C)COCc2cccc(OCc3ccccc3)c2)c1C. The zero-order valence-corrected chi connectivity index (χ0v) is 18.4. The minimum atomic E-state index is -0.352. The number of nitrogens with zero attached hydrogens (tertiary/aromatic N) is 2. The molecule has 0 amide bonds. The van der Waals surface area contributed by atoms with Crippen LogP contribution in [0.3, 0.4) is 0 Å². The normalized spacial score (nSPS) is 11.4. The molecule has 0 saturated carbocycles. The predicted octanol–water partition coefficient (Wildman–Crippen LogP) is 4.30. The van der Waals surface area contributed by atoms with Crippen molar-refractivity contribution in [2.24, 2.45) is 7.05 Å². The van der Waals surface area contributed by atoms with E-state index in [1.165, 1.54) is 11.7 Å². The van der Waals surface area contributed by atoms with Gasteiger partial charge in [-0.15, -0.1) is 0 Å². The van der Waals surface area contributed by atoms with E-state index in [0.717, 1.165) is 33.7 Å². The minimum Gasteiger partial charge on any atom is -0.489 e. The first-order chi connectivity index (χ1) is 15.0. The Morgan fingerprint density at radius 1 is 1.06 bits per heavy atom. The van der Waals surface area contributed by atoms with E-state index in [-0.39, 0.29) is 5.69 Å². The highest BCUT2D eigenvalue weighted by molar-refractivity contribution is 5.54. The van der Waals surface area contributed by atoms with Crippen LogP contribution < -0.4 is 15.2 Å². The van der Waals surface area contributed by atoms with Gasteiger partial charge < -0.3 is 14.2 Å². The number of hydrogen-bond donors (Lipinski definition) is 0. The number of ether oxygens (including phenoxy) is 3. The third-order valence-electron chi connectivity index (χ3n) is 4.87. The van der Waals surface area contributed by atoms with Gasteiger partial charge in [0.1, 0.15) is 12.4 Å². The summed E-state index contributed by atoms with van der Waals surface area (Å²) in [7, 11) is 3.21. The second-order valence-electron chi connectivity index (χ2n) is 7.38. The Hall–Kier alpha value is -3.38. The lowest BCUT2D eigenvalue weighted by molar-refractivity contribution is 0.143. The summed E-state index contributed by atoms with van der Waals surface area (Å²) in [6.45, 7) is 5.28. The lowest BCUT2D eigenvalue weighted by Gasteiger charge is -2.12. The number of rotatable bonds is 9. The highest BCUT2D eigenvalue weighted by Crippen LogP contribution is 2.19. The van der Waals surface area contributed by atoms with Crippen LogP contribution in [0.15, 0.2) is 65.0 Å². The molecule has 0 aliphatic heterocycles. The van der Waals surface area contributed by atoms with Gasteiger partial charge in [0, 0.05) is 12.6 Å². The van der Waals surface area contributed by atoms with Crippen molar-refractivity contribution >= 4 is 6.08 Å². The maximum atomic E-state index is 12.0. The third kappa shape index (κ3) is 6.06. The fraction of sp³-hybridized carbons (Fsp3) is 0.280. The monoisotopic (exact) mass is 420 g/mol. The number of hydrogen-bond acceptors (Lipinski definition) is 5. The van der Waals surface area contributed by atoms with Crippen LogP contribution in [0.25, 0.3) is 6.08 Å². The molecule has 1 aromatic heterocycles. The molecule has 6 nitrogen and oxygen atoms in total. The van der Waals surface area contributed by atoms with Crippen molar-refractivity contribution in [3.63, 3.8) is 0 Å². The molecule has 0 N–H and O–H groups in total. The van der Waals surface area contributed by atoms with Crippen LogP contribution in [0, 0.1) is 6.92 Å². The molecule has 0 unspecified atom stereocenters. The Labute approximate surface area is 182 Å². The van der Waals surface area contributed by atoms with Gasteiger partial charge in [-0.1, -0.05) is 42.5 Å². The molecule has 162 valence electrons. The van der Waals surface area contributed by atoms with Crippen LogP contribution in [-0.2, 0) is 25.0 Å². The zero-order valence-electron chi connectivity index (χ0n) is 18.4. The average Bonchev–Trinajstić information content (AvgIpc) is 2.79. The molecular formula is C25H28N2O4. The van der Waals surface area contributed by atoms with Gasteiger partial charge in [-0.05, 0) is 48.8 Å².